The minimum absolute atomic E-state index is 0.00782. The average Bonchev–Trinajstić information content (AvgIpc) is 3.04. The highest BCUT2D eigenvalue weighted by Gasteiger charge is 2.49. The Balaban J connectivity index is 1.61. The lowest BCUT2D eigenvalue weighted by Crippen LogP contribution is -2.47. The van der Waals surface area contributed by atoms with Crippen molar-refractivity contribution in [2.75, 3.05) is 27.2 Å². The third-order valence-electron chi connectivity index (χ3n) is 5.55. The summed E-state index contributed by atoms with van der Waals surface area (Å²) in [6, 6.07) is 7.48. The molecule has 3 rings (SSSR count). The van der Waals surface area contributed by atoms with Gasteiger partial charge in [-0.25, -0.2) is 0 Å². The molecule has 2 amide bonds. The molecule has 2 fully saturated rings. The van der Waals surface area contributed by atoms with Gasteiger partial charge in [0.05, 0.1) is 5.41 Å². The van der Waals surface area contributed by atoms with Gasteiger partial charge in [0.1, 0.15) is 0 Å². The molecule has 130 valence electrons. The predicted octanol–water partition coefficient (Wildman–Crippen LogP) is 1.78. The summed E-state index contributed by atoms with van der Waals surface area (Å²) in [7, 11) is 3.48. The van der Waals surface area contributed by atoms with Crippen molar-refractivity contribution < 1.29 is 9.59 Å². The fraction of sp³-hybridized carbons (Fsp3) is 0.579. The van der Waals surface area contributed by atoms with Gasteiger partial charge < -0.3 is 15.5 Å². The molecule has 1 aromatic rings. The molecule has 1 saturated carbocycles. The zero-order chi connectivity index (χ0) is 17.2. The number of amides is 2. The molecular weight excluding hydrogens is 302 g/mol. The van der Waals surface area contributed by atoms with E-state index in [1.807, 2.05) is 24.3 Å². The summed E-state index contributed by atoms with van der Waals surface area (Å²) in [6.45, 7) is 2.29. The maximum absolute atomic E-state index is 12.8. The van der Waals surface area contributed by atoms with Gasteiger partial charge in [0, 0.05) is 32.7 Å². The van der Waals surface area contributed by atoms with E-state index in [2.05, 4.69) is 10.6 Å². The topological polar surface area (TPSA) is 61.4 Å². The maximum atomic E-state index is 12.8. The third-order valence-corrected chi connectivity index (χ3v) is 5.55. The second kappa shape index (κ2) is 6.93. The van der Waals surface area contributed by atoms with E-state index in [1.54, 1.807) is 19.0 Å². The second-order valence-electron chi connectivity index (χ2n) is 7.31. The molecule has 1 heterocycles. The first-order valence-corrected chi connectivity index (χ1v) is 8.82. The number of hydrogen-bond donors (Lipinski definition) is 2. The third kappa shape index (κ3) is 3.18. The first kappa shape index (κ1) is 17.0. The van der Waals surface area contributed by atoms with Crippen LogP contribution in [-0.2, 0) is 11.3 Å². The zero-order valence-electron chi connectivity index (χ0n) is 14.6. The van der Waals surface area contributed by atoms with Crippen LogP contribution >= 0.6 is 0 Å². The molecule has 24 heavy (non-hydrogen) atoms. The number of nitrogens with zero attached hydrogens (tertiary/aromatic N) is 1. The molecule has 5 heteroatoms. The largest absolute Gasteiger partial charge is 0.351 e. The van der Waals surface area contributed by atoms with E-state index < -0.39 is 0 Å². The van der Waals surface area contributed by atoms with Crippen LogP contribution in [0.3, 0.4) is 0 Å². The zero-order valence-corrected chi connectivity index (χ0v) is 14.6. The monoisotopic (exact) mass is 329 g/mol. The Morgan fingerprint density at radius 2 is 2.00 bits per heavy atom. The van der Waals surface area contributed by atoms with Crippen LogP contribution in [0.5, 0.6) is 0 Å². The van der Waals surface area contributed by atoms with Crippen LogP contribution in [0.25, 0.3) is 0 Å². The first-order valence-electron chi connectivity index (χ1n) is 8.82. The number of benzene rings is 1. The SMILES string of the molecule is CN(C)C(=O)c1ccc(CNC(=O)[C@@]23CCCC[C@H]2CNC3)cc1. The lowest BCUT2D eigenvalue weighted by molar-refractivity contribution is -0.134. The lowest BCUT2D eigenvalue weighted by atomic mass is 9.67. The van der Waals surface area contributed by atoms with Crippen molar-refractivity contribution in [2.24, 2.45) is 11.3 Å². The van der Waals surface area contributed by atoms with Crippen LogP contribution in [0.1, 0.15) is 41.6 Å². The van der Waals surface area contributed by atoms with Gasteiger partial charge in [0.2, 0.25) is 5.91 Å². The molecule has 5 nitrogen and oxygen atoms in total. The van der Waals surface area contributed by atoms with Crippen molar-refractivity contribution in [3.8, 4) is 0 Å². The summed E-state index contributed by atoms with van der Waals surface area (Å²) in [5.74, 6) is 0.656. The number of nitrogens with one attached hydrogen (secondary N) is 2. The molecular formula is C19H27N3O2. The average molecular weight is 329 g/mol. The minimum atomic E-state index is -0.209. The molecule has 1 aromatic carbocycles. The molecule has 2 aliphatic rings. The summed E-state index contributed by atoms with van der Waals surface area (Å²) in [5.41, 5.74) is 1.48. The van der Waals surface area contributed by atoms with Crippen LogP contribution in [-0.4, -0.2) is 43.9 Å². The number of carbonyl (C=O) groups excluding carboxylic acids is 2. The van der Waals surface area contributed by atoms with Crippen molar-refractivity contribution in [3.05, 3.63) is 35.4 Å². The molecule has 0 bridgehead atoms. The van der Waals surface area contributed by atoms with Gasteiger partial charge in [-0.05, 0) is 43.0 Å². The van der Waals surface area contributed by atoms with Crippen molar-refractivity contribution in [3.63, 3.8) is 0 Å². The standard InChI is InChI=1S/C19H27N3O2/c1-22(2)17(23)15-8-6-14(7-9-15)11-21-18(24)19-10-4-3-5-16(19)12-20-13-19/h6-9,16,20H,3-5,10-13H2,1-2H3,(H,21,24)/t16-,19+/m0/s1. The van der Waals surface area contributed by atoms with Gasteiger partial charge in [-0.2, -0.15) is 0 Å². The van der Waals surface area contributed by atoms with E-state index in [9.17, 15) is 9.59 Å². The van der Waals surface area contributed by atoms with Crippen molar-refractivity contribution >= 4 is 11.8 Å². The Morgan fingerprint density at radius 1 is 1.25 bits per heavy atom. The van der Waals surface area contributed by atoms with E-state index in [4.69, 9.17) is 0 Å². The summed E-state index contributed by atoms with van der Waals surface area (Å²) in [5, 5.41) is 6.54. The Morgan fingerprint density at radius 3 is 2.71 bits per heavy atom. The van der Waals surface area contributed by atoms with E-state index in [0.717, 1.165) is 37.9 Å². The van der Waals surface area contributed by atoms with Crippen molar-refractivity contribution in [1.82, 2.24) is 15.5 Å². The molecule has 0 aromatic heterocycles. The molecule has 1 aliphatic heterocycles. The highest BCUT2D eigenvalue weighted by atomic mass is 16.2. The van der Waals surface area contributed by atoms with E-state index in [-0.39, 0.29) is 17.2 Å². The molecule has 1 aliphatic carbocycles. The summed E-state index contributed by atoms with van der Waals surface area (Å²) < 4.78 is 0. The second-order valence-corrected chi connectivity index (χ2v) is 7.31. The van der Waals surface area contributed by atoms with Gasteiger partial charge in [-0.3, -0.25) is 9.59 Å². The molecule has 0 radical (unpaired) electrons. The Hall–Kier alpha value is -1.88. The maximum Gasteiger partial charge on any atom is 0.253 e. The van der Waals surface area contributed by atoms with Crippen LogP contribution in [0.15, 0.2) is 24.3 Å². The first-order chi connectivity index (χ1) is 11.5. The van der Waals surface area contributed by atoms with E-state index >= 15 is 0 Å². The van der Waals surface area contributed by atoms with Gasteiger partial charge in [-0.1, -0.05) is 25.0 Å². The predicted molar refractivity (Wildman–Crippen MR) is 93.6 cm³/mol. The van der Waals surface area contributed by atoms with Gasteiger partial charge in [0.25, 0.3) is 5.91 Å². The summed E-state index contributed by atoms with van der Waals surface area (Å²) in [4.78, 5) is 26.3. The Labute approximate surface area is 143 Å². The van der Waals surface area contributed by atoms with E-state index in [0.29, 0.717) is 18.0 Å². The smallest absolute Gasteiger partial charge is 0.253 e. The molecule has 0 spiro atoms. The van der Waals surface area contributed by atoms with E-state index in [1.165, 1.54) is 6.42 Å². The van der Waals surface area contributed by atoms with Crippen molar-refractivity contribution in [1.29, 1.82) is 0 Å². The number of hydrogen-bond acceptors (Lipinski definition) is 3. The summed E-state index contributed by atoms with van der Waals surface area (Å²) in [6.07, 6.45) is 4.53. The molecule has 2 atom stereocenters. The fourth-order valence-electron chi connectivity index (χ4n) is 4.07. The fourth-order valence-corrected chi connectivity index (χ4v) is 4.07. The number of fused-ring (bicyclic) bond motifs is 1. The Kier molecular flexibility index (Phi) is 4.90. The van der Waals surface area contributed by atoms with Gasteiger partial charge in [-0.15, -0.1) is 0 Å². The highest BCUT2D eigenvalue weighted by molar-refractivity contribution is 5.93. The summed E-state index contributed by atoms with van der Waals surface area (Å²) >= 11 is 0. The van der Waals surface area contributed by atoms with Crippen LogP contribution < -0.4 is 10.6 Å². The van der Waals surface area contributed by atoms with Crippen molar-refractivity contribution in [2.45, 2.75) is 32.2 Å². The molecule has 0 unspecified atom stereocenters. The van der Waals surface area contributed by atoms with Crippen LogP contribution in [0.4, 0.5) is 0 Å². The Bertz CT molecular complexity index is 612. The lowest BCUT2D eigenvalue weighted by Gasteiger charge is -2.37. The normalized spacial score (nSPS) is 25.8. The number of carbonyl (C=O) groups is 2. The quantitative estimate of drug-likeness (QED) is 0.885. The molecule has 1 saturated heterocycles. The molecule has 2 N–H and O–H groups in total. The van der Waals surface area contributed by atoms with Gasteiger partial charge >= 0.3 is 0 Å². The number of rotatable bonds is 4. The van der Waals surface area contributed by atoms with Crippen LogP contribution in [0, 0.1) is 11.3 Å². The highest BCUT2D eigenvalue weighted by Crippen LogP contribution is 2.43. The van der Waals surface area contributed by atoms with Crippen LogP contribution in [0.2, 0.25) is 0 Å². The minimum Gasteiger partial charge on any atom is -0.351 e. The van der Waals surface area contributed by atoms with Gasteiger partial charge in [0.15, 0.2) is 0 Å².